The van der Waals surface area contributed by atoms with Crippen LogP contribution in [0.4, 0.5) is 0 Å². The van der Waals surface area contributed by atoms with Gasteiger partial charge < -0.3 is 19.4 Å². The zero-order chi connectivity index (χ0) is 18.4. The lowest BCUT2D eigenvalue weighted by molar-refractivity contribution is 0.0853. The van der Waals surface area contributed by atoms with E-state index in [4.69, 9.17) is 9.15 Å². The lowest BCUT2D eigenvalue weighted by atomic mass is 10.1. The molecule has 7 nitrogen and oxygen atoms in total. The van der Waals surface area contributed by atoms with Crippen LogP contribution in [0.15, 0.2) is 10.7 Å². The average Bonchev–Trinajstić information content (AvgIpc) is 3.31. The standard InChI is InChI=1S/C19H32N4O3/c1-15(2)5-6-22-7-9-23(10-8-22)13-18-21-17(14-26-18)19(24)20-12-16-4-3-11-25-16/h14-16H,3-13H2,1-2H3,(H,20,24). The highest BCUT2D eigenvalue weighted by atomic mass is 16.5. The van der Waals surface area contributed by atoms with Gasteiger partial charge in [-0.2, -0.15) is 0 Å². The Hall–Kier alpha value is -1.44. The number of hydrogen-bond donors (Lipinski definition) is 1. The number of oxazole rings is 1. The number of ether oxygens (including phenoxy) is 1. The quantitative estimate of drug-likeness (QED) is 0.758. The second kappa shape index (κ2) is 9.48. The van der Waals surface area contributed by atoms with Gasteiger partial charge in [0.15, 0.2) is 5.69 Å². The highest BCUT2D eigenvalue weighted by Crippen LogP contribution is 2.12. The molecule has 3 heterocycles. The van der Waals surface area contributed by atoms with Gasteiger partial charge in [0.25, 0.3) is 5.91 Å². The van der Waals surface area contributed by atoms with Crippen molar-refractivity contribution in [1.29, 1.82) is 0 Å². The summed E-state index contributed by atoms with van der Waals surface area (Å²) in [6, 6.07) is 0. The van der Waals surface area contributed by atoms with Crippen LogP contribution in [0.5, 0.6) is 0 Å². The molecule has 1 aromatic heterocycles. The summed E-state index contributed by atoms with van der Waals surface area (Å²) in [6.45, 7) is 11.9. The van der Waals surface area contributed by atoms with E-state index in [1.807, 2.05) is 0 Å². The van der Waals surface area contributed by atoms with Gasteiger partial charge >= 0.3 is 0 Å². The molecule has 2 aliphatic rings. The van der Waals surface area contributed by atoms with Crippen LogP contribution in [0.3, 0.4) is 0 Å². The van der Waals surface area contributed by atoms with Crippen LogP contribution in [-0.2, 0) is 11.3 Å². The molecule has 0 radical (unpaired) electrons. The Labute approximate surface area is 156 Å². The van der Waals surface area contributed by atoms with Crippen molar-refractivity contribution in [3.05, 3.63) is 17.8 Å². The van der Waals surface area contributed by atoms with Crippen molar-refractivity contribution in [2.24, 2.45) is 5.92 Å². The molecule has 3 rings (SSSR count). The Kier molecular flexibility index (Phi) is 7.05. The molecule has 1 N–H and O–H groups in total. The van der Waals surface area contributed by atoms with E-state index in [0.717, 1.165) is 51.5 Å². The van der Waals surface area contributed by atoms with Gasteiger partial charge in [0.1, 0.15) is 6.26 Å². The first-order valence-electron chi connectivity index (χ1n) is 9.89. The molecule has 1 atom stereocenters. The van der Waals surface area contributed by atoms with Crippen LogP contribution in [0.25, 0.3) is 0 Å². The predicted molar refractivity (Wildman–Crippen MR) is 99.0 cm³/mol. The van der Waals surface area contributed by atoms with Gasteiger partial charge in [-0.3, -0.25) is 9.69 Å². The van der Waals surface area contributed by atoms with Crippen LogP contribution in [0.1, 0.15) is 49.5 Å². The van der Waals surface area contributed by atoms with Crippen molar-refractivity contribution in [2.45, 2.75) is 45.8 Å². The zero-order valence-corrected chi connectivity index (χ0v) is 16.1. The van der Waals surface area contributed by atoms with Gasteiger partial charge in [0, 0.05) is 39.3 Å². The first kappa shape index (κ1) is 19.3. The Morgan fingerprint density at radius 1 is 1.31 bits per heavy atom. The molecule has 1 aromatic rings. The third kappa shape index (κ3) is 5.79. The van der Waals surface area contributed by atoms with Crippen LogP contribution in [-0.4, -0.2) is 72.7 Å². The topological polar surface area (TPSA) is 70.8 Å². The fourth-order valence-corrected chi connectivity index (χ4v) is 3.39. The van der Waals surface area contributed by atoms with E-state index in [1.54, 1.807) is 0 Å². The maximum Gasteiger partial charge on any atom is 0.273 e. The number of carbonyl (C=O) groups excluding carboxylic acids is 1. The molecule has 26 heavy (non-hydrogen) atoms. The van der Waals surface area contributed by atoms with E-state index in [0.29, 0.717) is 24.7 Å². The van der Waals surface area contributed by atoms with Gasteiger partial charge in [-0.15, -0.1) is 0 Å². The minimum atomic E-state index is -0.186. The van der Waals surface area contributed by atoms with Crippen molar-refractivity contribution in [1.82, 2.24) is 20.1 Å². The molecular weight excluding hydrogens is 332 g/mol. The molecule has 2 fully saturated rings. The van der Waals surface area contributed by atoms with E-state index in [1.165, 1.54) is 19.2 Å². The van der Waals surface area contributed by atoms with Crippen LogP contribution in [0.2, 0.25) is 0 Å². The number of nitrogens with one attached hydrogen (secondary N) is 1. The predicted octanol–water partition coefficient (Wildman–Crippen LogP) is 1.75. The van der Waals surface area contributed by atoms with Crippen LogP contribution in [0, 0.1) is 5.92 Å². The molecular formula is C19H32N4O3. The normalized spacial score (nSPS) is 22.2. The van der Waals surface area contributed by atoms with E-state index in [9.17, 15) is 4.79 Å². The Morgan fingerprint density at radius 2 is 2.08 bits per heavy atom. The molecule has 0 bridgehead atoms. The van der Waals surface area contributed by atoms with Crippen molar-refractivity contribution in [3.63, 3.8) is 0 Å². The van der Waals surface area contributed by atoms with Crippen molar-refractivity contribution >= 4 is 5.91 Å². The molecule has 2 aliphatic heterocycles. The number of amides is 1. The first-order chi connectivity index (χ1) is 12.6. The highest BCUT2D eigenvalue weighted by molar-refractivity contribution is 5.91. The van der Waals surface area contributed by atoms with Crippen molar-refractivity contribution < 1.29 is 13.9 Å². The van der Waals surface area contributed by atoms with Gasteiger partial charge in [0.2, 0.25) is 5.89 Å². The summed E-state index contributed by atoms with van der Waals surface area (Å²) in [6.07, 6.45) is 4.92. The monoisotopic (exact) mass is 364 g/mol. The van der Waals surface area contributed by atoms with Gasteiger partial charge in [-0.25, -0.2) is 4.98 Å². The van der Waals surface area contributed by atoms with Gasteiger partial charge in [-0.1, -0.05) is 13.8 Å². The molecule has 0 saturated carbocycles. The highest BCUT2D eigenvalue weighted by Gasteiger charge is 2.21. The summed E-state index contributed by atoms with van der Waals surface area (Å²) in [4.78, 5) is 21.4. The smallest absolute Gasteiger partial charge is 0.273 e. The molecule has 1 amide bonds. The minimum Gasteiger partial charge on any atom is -0.447 e. The lowest BCUT2D eigenvalue weighted by Crippen LogP contribution is -2.46. The SMILES string of the molecule is CC(C)CCN1CCN(Cc2nc(C(=O)NCC3CCCO3)co2)CC1. The Morgan fingerprint density at radius 3 is 2.77 bits per heavy atom. The van der Waals surface area contributed by atoms with E-state index in [2.05, 4.69) is 33.9 Å². The summed E-state index contributed by atoms with van der Waals surface area (Å²) in [7, 11) is 0. The number of hydrogen-bond acceptors (Lipinski definition) is 6. The molecule has 1 unspecified atom stereocenters. The summed E-state index contributed by atoms with van der Waals surface area (Å²) in [5.41, 5.74) is 0.355. The first-order valence-corrected chi connectivity index (χ1v) is 9.89. The molecule has 0 aromatic carbocycles. The third-order valence-corrected chi connectivity index (χ3v) is 5.15. The van der Waals surface area contributed by atoms with Crippen molar-refractivity contribution in [2.75, 3.05) is 45.9 Å². The molecule has 146 valence electrons. The average molecular weight is 364 g/mol. The van der Waals surface area contributed by atoms with E-state index < -0.39 is 0 Å². The molecule has 0 spiro atoms. The second-order valence-corrected chi connectivity index (χ2v) is 7.77. The molecule has 7 heteroatoms. The minimum absolute atomic E-state index is 0.136. The second-order valence-electron chi connectivity index (χ2n) is 7.77. The maximum absolute atomic E-state index is 12.2. The summed E-state index contributed by atoms with van der Waals surface area (Å²) >= 11 is 0. The third-order valence-electron chi connectivity index (χ3n) is 5.15. The number of nitrogens with zero attached hydrogens (tertiary/aromatic N) is 3. The lowest BCUT2D eigenvalue weighted by Gasteiger charge is -2.34. The van der Waals surface area contributed by atoms with Crippen LogP contribution >= 0.6 is 0 Å². The zero-order valence-electron chi connectivity index (χ0n) is 16.1. The van der Waals surface area contributed by atoms with Gasteiger partial charge in [0.05, 0.1) is 12.6 Å². The Bertz CT molecular complexity index is 561. The fraction of sp³-hybridized carbons (Fsp3) is 0.789. The molecule has 0 aliphatic carbocycles. The van der Waals surface area contributed by atoms with Crippen molar-refractivity contribution in [3.8, 4) is 0 Å². The summed E-state index contributed by atoms with van der Waals surface area (Å²) in [5, 5.41) is 2.88. The van der Waals surface area contributed by atoms with E-state index >= 15 is 0 Å². The summed E-state index contributed by atoms with van der Waals surface area (Å²) < 4.78 is 11.0. The number of piperazine rings is 1. The molecule has 2 saturated heterocycles. The summed E-state index contributed by atoms with van der Waals surface area (Å²) in [5.74, 6) is 1.18. The van der Waals surface area contributed by atoms with Crippen LogP contribution < -0.4 is 5.32 Å². The fourth-order valence-electron chi connectivity index (χ4n) is 3.39. The van der Waals surface area contributed by atoms with E-state index in [-0.39, 0.29) is 12.0 Å². The van der Waals surface area contributed by atoms with Gasteiger partial charge in [-0.05, 0) is 31.7 Å². The number of carbonyl (C=O) groups is 1. The maximum atomic E-state index is 12.2. The number of aromatic nitrogens is 1. The number of rotatable bonds is 8. The Balaban J connectivity index is 1.39. The largest absolute Gasteiger partial charge is 0.447 e.